The summed E-state index contributed by atoms with van der Waals surface area (Å²) in [7, 11) is 1.58. The molecule has 1 N–H and O–H groups in total. The third-order valence-electron chi connectivity index (χ3n) is 8.59. The molecule has 3 aromatic rings. The first-order valence-corrected chi connectivity index (χ1v) is 14.3. The topological polar surface area (TPSA) is 110 Å². The monoisotopic (exact) mass is 570 g/mol. The number of ether oxygens (including phenoxy) is 2. The summed E-state index contributed by atoms with van der Waals surface area (Å²) < 4.78 is 12.7. The normalized spacial score (nSPS) is 23.8. The highest BCUT2D eigenvalue weighted by Gasteiger charge is 2.55. The number of pyridine rings is 1. The van der Waals surface area contributed by atoms with Crippen molar-refractivity contribution < 1.29 is 23.9 Å². The van der Waals surface area contributed by atoms with Gasteiger partial charge in [-0.25, -0.2) is 9.69 Å². The Morgan fingerprint density at radius 1 is 0.905 bits per heavy atom. The number of hydrogen-bond donors (Lipinski definition) is 1. The van der Waals surface area contributed by atoms with Crippen LogP contribution >= 0.6 is 0 Å². The number of imide groups is 2. The van der Waals surface area contributed by atoms with Crippen LogP contribution in [0.1, 0.15) is 30.5 Å². The summed E-state index contributed by atoms with van der Waals surface area (Å²) in [4.78, 5) is 57.2. The van der Waals surface area contributed by atoms with E-state index in [1.165, 1.54) is 0 Å². The van der Waals surface area contributed by atoms with E-state index in [1.807, 2.05) is 29.7 Å². The Balaban J connectivity index is 1.36. The molecular formula is C32H34N4O6. The van der Waals surface area contributed by atoms with E-state index in [4.69, 9.17) is 9.47 Å². The molecule has 2 bridgehead atoms. The molecule has 6 rings (SSSR count). The van der Waals surface area contributed by atoms with E-state index >= 15 is 0 Å². The molecule has 4 heterocycles. The zero-order valence-electron chi connectivity index (χ0n) is 23.7. The molecule has 218 valence electrons. The van der Waals surface area contributed by atoms with E-state index in [1.54, 1.807) is 55.6 Å². The molecule has 0 aliphatic carbocycles. The molecule has 2 aromatic carbocycles. The number of piperidine rings is 1. The molecule has 0 saturated carbocycles. The van der Waals surface area contributed by atoms with Gasteiger partial charge in [0.05, 0.1) is 19.4 Å². The molecule has 3 atom stereocenters. The van der Waals surface area contributed by atoms with Gasteiger partial charge in [0, 0.05) is 43.9 Å². The average Bonchev–Trinajstić information content (AvgIpc) is 2.98. The molecule has 0 radical (unpaired) electrons. The van der Waals surface area contributed by atoms with Crippen molar-refractivity contribution in [3.05, 3.63) is 88.3 Å². The molecule has 10 nitrogen and oxygen atoms in total. The van der Waals surface area contributed by atoms with Crippen molar-refractivity contribution in [1.29, 1.82) is 0 Å². The van der Waals surface area contributed by atoms with Gasteiger partial charge in [-0.3, -0.25) is 19.7 Å². The number of urea groups is 1. The van der Waals surface area contributed by atoms with Gasteiger partial charge >= 0.3 is 6.03 Å². The number of amides is 4. The fraction of sp³-hybridized carbons (Fsp3) is 0.375. The van der Waals surface area contributed by atoms with E-state index in [0.717, 1.165) is 22.6 Å². The summed E-state index contributed by atoms with van der Waals surface area (Å²) in [5, 5.41) is 2.49. The number of benzene rings is 2. The summed E-state index contributed by atoms with van der Waals surface area (Å²) in [6.45, 7) is 4.33. The van der Waals surface area contributed by atoms with Crippen molar-refractivity contribution in [3.8, 4) is 11.5 Å². The zero-order chi connectivity index (χ0) is 29.4. The number of rotatable bonds is 8. The Bertz CT molecular complexity index is 1570. The molecule has 1 aromatic heterocycles. The first-order valence-electron chi connectivity index (χ1n) is 14.3. The fourth-order valence-electron chi connectivity index (χ4n) is 6.72. The van der Waals surface area contributed by atoms with Gasteiger partial charge in [-0.1, -0.05) is 18.2 Å². The van der Waals surface area contributed by atoms with E-state index in [-0.39, 0.29) is 30.4 Å². The number of nitrogens with one attached hydrogen (secondary N) is 1. The maximum Gasteiger partial charge on any atom is 0.335 e. The van der Waals surface area contributed by atoms with E-state index < -0.39 is 23.3 Å². The second-order valence-corrected chi connectivity index (χ2v) is 11.3. The molecular weight excluding hydrogens is 536 g/mol. The van der Waals surface area contributed by atoms with Crippen LogP contribution in [0.15, 0.2) is 71.5 Å². The fourth-order valence-corrected chi connectivity index (χ4v) is 6.72. The van der Waals surface area contributed by atoms with Gasteiger partial charge in [-0.15, -0.1) is 0 Å². The molecule has 3 aliphatic rings. The van der Waals surface area contributed by atoms with Crippen LogP contribution in [-0.4, -0.2) is 60.7 Å². The molecule has 3 aliphatic heterocycles. The minimum Gasteiger partial charge on any atom is -0.497 e. The summed E-state index contributed by atoms with van der Waals surface area (Å²) in [6.07, 6.45) is 1.05. The first kappa shape index (κ1) is 27.7. The SMILES string of the molecule is CCOc1ccc(N2C(=O)NC(=O)[C@](Cc3ccc(OC)cc3)(CN3C[C@@H]4C[C@H](C3)c3cccc(=O)n3C4)C2=O)cc1. The Morgan fingerprint density at radius 3 is 2.36 bits per heavy atom. The van der Waals surface area contributed by atoms with Crippen molar-refractivity contribution in [1.82, 2.24) is 14.8 Å². The number of carbonyl (C=O) groups is 3. The van der Waals surface area contributed by atoms with Gasteiger partial charge in [0.1, 0.15) is 16.9 Å². The molecule has 2 fully saturated rings. The van der Waals surface area contributed by atoms with Crippen LogP contribution in [0.25, 0.3) is 0 Å². The number of anilines is 1. The standard InChI is InChI=1S/C32H34N4O6/c1-3-42-26-13-9-24(10-14-26)36-30(39)32(29(38)33-31(36)40,16-21-7-11-25(41-2)12-8-21)20-34-17-22-15-23(19-34)27-5-4-6-28(37)35(27)18-22/h4-14,22-23H,3,15-20H2,1-2H3,(H,33,38,40)/t22-,23+,32-/m0/s1. The Kier molecular flexibility index (Phi) is 7.32. The van der Waals surface area contributed by atoms with E-state index in [2.05, 4.69) is 10.2 Å². The minimum absolute atomic E-state index is 0.00188. The van der Waals surface area contributed by atoms with Gasteiger partial charge in [-0.05, 0) is 73.7 Å². The number of methoxy groups -OCH3 is 1. The van der Waals surface area contributed by atoms with Gasteiger partial charge in [-0.2, -0.15) is 0 Å². The zero-order valence-corrected chi connectivity index (χ0v) is 23.7. The summed E-state index contributed by atoms with van der Waals surface area (Å²) in [5.74, 6) is 0.420. The predicted molar refractivity (Wildman–Crippen MR) is 156 cm³/mol. The van der Waals surface area contributed by atoms with Gasteiger partial charge < -0.3 is 18.9 Å². The smallest absolute Gasteiger partial charge is 0.335 e. The molecule has 42 heavy (non-hydrogen) atoms. The van der Waals surface area contributed by atoms with Crippen LogP contribution in [0.2, 0.25) is 0 Å². The predicted octanol–water partition coefficient (Wildman–Crippen LogP) is 3.19. The summed E-state index contributed by atoms with van der Waals surface area (Å²) in [6, 6.07) is 18.6. The first-order chi connectivity index (χ1) is 20.3. The lowest BCUT2D eigenvalue weighted by molar-refractivity contribution is -0.144. The molecule has 0 spiro atoms. The highest BCUT2D eigenvalue weighted by molar-refractivity contribution is 6.30. The van der Waals surface area contributed by atoms with Crippen molar-refractivity contribution >= 4 is 23.5 Å². The van der Waals surface area contributed by atoms with E-state index in [0.29, 0.717) is 43.4 Å². The third kappa shape index (κ3) is 4.96. The van der Waals surface area contributed by atoms with Crippen molar-refractivity contribution in [2.45, 2.75) is 32.2 Å². The molecule has 2 saturated heterocycles. The molecule has 0 unspecified atom stereocenters. The van der Waals surface area contributed by atoms with Crippen LogP contribution in [0, 0.1) is 11.3 Å². The maximum atomic E-state index is 14.5. The second kappa shape index (κ2) is 11.1. The highest BCUT2D eigenvalue weighted by atomic mass is 16.5. The minimum atomic E-state index is -1.57. The number of hydrogen-bond acceptors (Lipinski definition) is 7. The number of likely N-dealkylation sites (tertiary alicyclic amines) is 1. The largest absolute Gasteiger partial charge is 0.497 e. The van der Waals surface area contributed by atoms with Crippen LogP contribution in [0.4, 0.5) is 10.5 Å². The quantitative estimate of drug-likeness (QED) is 0.414. The Hall–Kier alpha value is -4.44. The van der Waals surface area contributed by atoms with Gasteiger partial charge in [0.25, 0.3) is 11.5 Å². The average molecular weight is 571 g/mol. The lowest BCUT2D eigenvalue weighted by Gasteiger charge is -2.47. The summed E-state index contributed by atoms with van der Waals surface area (Å²) >= 11 is 0. The summed E-state index contributed by atoms with van der Waals surface area (Å²) in [5.41, 5.74) is 0.547. The second-order valence-electron chi connectivity index (χ2n) is 11.3. The van der Waals surface area contributed by atoms with Crippen LogP contribution in [0.5, 0.6) is 11.5 Å². The van der Waals surface area contributed by atoms with Crippen molar-refractivity contribution in [2.24, 2.45) is 11.3 Å². The Morgan fingerprint density at radius 2 is 1.64 bits per heavy atom. The number of aromatic nitrogens is 1. The number of nitrogens with zero attached hydrogens (tertiary/aromatic N) is 3. The number of carbonyl (C=O) groups excluding carboxylic acids is 3. The highest BCUT2D eigenvalue weighted by Crippen LogP contribution is 2.39. The van der Waals surface area contributed by atoms with E-state index in [9.17, 15) is 19.2 Å². The van der Waals surface area contributed by atoms with Gasteiger partial charge in [0.2, 0.25) is 5.91 Å². The van der Waals surface area contributed by atoms with Crippen molar-refractivity contribution in [2.75, 3.05) is 38.3 Å². The van der Waals surface area contributed by atoms with Crippen LogP contribution < -0.4 is 25.2 Å². The number of barbiturate groups is 1. The van der Waals surface area contributed by atoms with Crippen LogP contribution in [-0.2, 0) is 22.6 Å². The molecule has 4 amide bonds. The maximum absolute atomic E-state index is 14.5. The number of fused-ring (bicyclic) bond motifs is 4. The lowest BCUT2D eigenvalue weighted by atomic mass is 9.75. The lowest BCUT2D eigenvalue weighted by Crippen LogP contribution is -2.68. The van der Waals surface area contributed by atoms with Crippen molar-refractivity contribution in [3.63, 3.8) is 0 Å². The van der Waals surface area contributed by atoms with Gasteiger partial charge in [0.15, 0.2) is 0 Å². The third-order valence-corrected chi connectivity index (χ3v) is 8.59. The molecule has 10 heteroatoms. The van der Waals surface area contributed by atoms with Crippen LogP contribution in [0.3, 0.4) is 0 Å². The Labute approximate surface area is 243 Å².